The summed E-state index contributed by atoms with van der Waals surface area (Å²) in [5.74, 6) is 2.42. The fourth-order valence-corrected chi connectivity index (χ4v) is 5.57. The van der Waals surface area contributed by atoms with Gasteiger partial charge in [0.05, 0.1) is 0 Å². The van der Waals surface area contributed by atoms with E-state index in [1.54, 1.807) is 6.07 Å². The molecule has 19 heavy (non-hydrogen) atoms. The van der Waals surface area contributed by atoms with E-state index in [9.17, 15) is 4.39 Å². The molecule has 0 aliphatic heterocycles. The molecule has 4 atom stereocenters. The van der Waals surface area contributed by atoms with Crippen molar-refractivity contribution in [3.8, 4) is 0 Å². The van der Waals surface area contributed by atoms with Gasteiger partial charge >= 0.3 is 0 Å². The quantitative estimate of drug-likeness (QED) is 0.609. The molecule has 0 bridgehead atoms. The molecule has 0 radical (unpaired) electrons. The van der Waals surface area contributed by atoms with Crippen molar-refractivity contribution in [2.75, 3.05) is 0 Å². The highest BCUT2D eigenvalue weighted by Crippen LogP contribution is 2.60. The molecule has 0 N–H and O–H groups in total. The van der Waals surface area contributed by atoms with Crippen LogP contribution in [0.1, 0.15) is 62.5 Å². The molecular weight excluding hydrogens is 235 g/mol. The Morgan fingerprint density at radius 3 is 2.95 bits per heavy atom. The van der Waals surface area contributed by atoms with Crippen LogP contribution in [0.4, 0.5) is 4.39 Å². The first-order chi connectivity index (χ1) is 9.19. The molecular formula is C18H23F. The van der Waals surface area contributed by atoms with Crippen LogP contribution in [-0.4, -0.2) is 0 Å². The van der Waals surface area contributed by atoms with E-state index < -0.39 is 0 Å². The van der Waals surface area contributed by atoms with Crippen molar-refractivity contribution in [3.63, 3.8) is 0 Å². The summed E-state index contributed by atoms with van der Waals surface area (Å²) < 4.78 is 14.0. The van der Waals surface area contributed by atoms with Gasteiger partial charge in [-0.2, -0.15) is 0 Å². The first-order valence-corrected chi connectivity index (χ1v) is 7.96. The Bertz CT molecular complexity index is 506. The van der Waals surface area contributed by atoms with Crippen LogP contribution in [0.3, 0.4) is 0 Å². The third-order valence-electron chi connectivity index (χ3n) is 6.50. The molecule has 3 aliphatic carbocycles. The Labute approximate surface area is 115 Å². The van der Waals surface area contributed by atoms with E-state index in [1.165, 1.54) is 44.1 Å². The molecule has 0 unspecified atom stereocenters. The Hall–Kier alpha value is -0.850. The monoisotopic (exact) mass is 258 g/mol. The van der Waals surface area contributed by atoms with Crippen LogP contribution in [0.15, 0.2) is 18.2 Å². The Balaban J connectivity index is 1.74. The number of fused-ring (bicyclic) bond motifs is 5. The molecule has 102 valence electrons. The third-order valence-corrected chi connectivity index (χ3v) is 6.50. The Morgan fingerprint density at radius 1 is 1.16 bits per heavy atom. The van der Waals surface area contributed by atoms with Crippen molar-refractivity contribution in [2.45, 2.75) is 57.8 Å². The van der Waals surface area contributed by atoms with Crippen molar-refractivity contribution in [1.29, 1.82) is 0 Å². The zero-order valence-corrected chi connectivity index (χ0v) is 11.8. The van der Waals surface area contributed by atoms with E-state index in [-0.39, 0.29) is 5.82 Å². The van der Waals surface area contributed by atoms with Crippen LogP contribution in [0.5, 0.6) is 0 Å². The number of hydrogen-bond donors (Lipinski definition) is 0. The lowest BCUT2D eigenvalue weighted by atomic mass is 9.56. The maximum Gasteiger partial charge on any atom is 0.126 e. The topological polar surface area (TPSA) is 0 Å². The van der Waals surface area contributed by atoms with Crippen LogP contribution < -0.4 is 0 Å². The normalized spacial score (nSPS) is 40.4. The average Bonchev–Trinajstić information content (AvgIpc) is 2.80. The van der Waals surface area contributed by atoms with Gasteiger partial charge in [-0.05, 0) is 78.9 Å². The molecule has 0 nitrogen and oxygen atoms in total. The van der Waals surface area contributed by atoms with E-state index in [0.717, 1.165) is 23.8 Å². The van der Waals surface area contributed by atoms with Gasteiger partial charge in [-0.25, -0.2) is 4.39 Å². The predicted molar refractivity (Wildman–Crippen MR) is 75.6 cm³/mol. The fraction of sp³-hybridized carbons (Fsp3) is 0.667. The number of benzene rings is 1. The van der Waals surface area contributed by atoms with Crippen molar-refractivity contribution in [3.05, 3.63) is 35.1 Å². The molecule has 4 rings (SSSR count). The first-order valence-electron chi connectivity index (χ1n) is 7.96. The van der Waals surface area contributed by atoms with E-state index in [1.807, 2.05) is 6.07 Å². The summed E-state index contributed by atoms with van der Waals surface area (Å²) in [6, 6.07) is 5.76. The van der Waals surface area contributed by atoms with Crippen LogP contribution in [-0.2, 0) is 6.42 Å². The number of rotatable bonds is 0. The van der Waals surface area contributed by atoms with E-state index in [2.05, 4.69) is 13.0 Å². The lowest BCUT2D eigenvalue weighted by molar-refractivity contribution is 0.0594. The highest BCUT2D eigenvalue weighted by Gasteiger charge is 2.50. The average molecular weight is 258 g/mol. The van der Waals surface area contributed by atoms with Gasteiger partial charge in [0.2, 0.25) is 0 Å². The zero-order valence-electron chi connectivity index (χ0n) is 11.8. The molecule has 2 saturated carbocycles. The molecule has 3 aliphatic rings. The van der Waals surface area contributed by atoms with E-state index in [0.29, 0.717) is 11.3 Å². The first kappa shape index (κ1) is 11.9. The molecule has 1 aromatic carbocycles. The minimum absolute atomic E-state index is 0.0377. The van der Waals surface area contributed by atoms with Gasteiger partial charge in [0, 0.05) is 0 Å². The Kier molecular flexibility index (Phi) is 2.56. The SMILES string of the molecule is C[C@@]12CCC[C@H]1[C@@H]1CCc3c(F)cccc3[C@H]1CC2. The maximum atomic E-state index is 14.0. The smallest absolute Gasteiger partial charge is 0.126 e. The van der Waals surface area contributed by atoms with E-state index in [4.69, 9.17) is 0 Å². The summed E-state index contributed by atoms with van der Waals surface area (Å²) in [4.78, 5) is 0. The molecule has 0 saturated heterocycles. The number of halogens is 1. The lowest BCUT2D eigenvalue weighted by Crippen LogP contribution is -2.39. The van der Waals surface area contributed by atoms with Gasteiger partial charge in [-0.1, -0.05) is 25.5 Å². The Morgan fingerprint density at radius 2 is 2.05 bits per heavy atom. The second kappa shape index (κ2) is 4.07. The third kappa shape index (κ3) is 1.63. The highest BCUT2D eigenvalue weighted by atomic mass is 19.1. The van der Waals surface area contributed by atoms with Gasteiger partial charge < -0.3 is 0 Å². The summed E-state index contributed by atoms with van der Waals surface area (Å²) in [5, 5.41) is 0. The summed E-state index contributed by atoms with van der Waals surface area (Å²) in [6.07, 6.45) is 9.09. The van der Waals surface area contributed by atoms with Crippen molar-refractivity contribution >= 4 is 0 Å². The van der Waals surface area contributed by atoms with Crippen LogP contribution in [0, 0.1) is 23.1 Å². The number of hydrogen-bond acceptors (Lipinski definition) is 0. The predicted octanol–water partition coefficient (Wildman–Crippen LogP) is 5.07. The largest absolute Gasteiger partial charge is 0.207 e. The van der Waals surface area contributed by atoms with Gasteiger partial charge in [0.25, 0.3) is 0 Å². The summed E-state index contributed by atoms with van der Waals surface area (Å²) >= 11 is 0. The van der Waals surface area contributed by atoms with Crippen molar-refractivity contribution in [2.24, 2.45) is 17.3 Å². The van der Waals surface area contributed by atoms with Crippen LogP contribution in [0.2, 0.25) is 0 Å². The van der Waals surface area contributed by atoms with Crippen LogP contribution in [0.25, 0.3) is 0 Å². The molecule has 2 fully saturated rings. The molecule has 0 aromatic heterocycles. The highest BCUT2D eigenvalue weighted by molar-refractivity contribution is 5.35. The molecule has 1 heteroatoms. The van der Waals surface area contributed by atoms with Gasteiger partial charge in [0.1, 0.15) is 5.82 Å². The van der Waals surface area contributed by atoms with E-state index >= 15 is 0 Å². The van der Waals surface area contributed by atoms with Crippen molar-refractivity contribution < 1.29 is 4.39 Å². The molecule has 0 amide bonds. The fourth-order valence-electron chi connectivity index (χ4n) is 5.57. The van der Waals surface area contributed by atoms with Gasteiger partial charge in [-0.3, -0.25) is 0 Å². The molecule has 0 spiro atoms. The minimum Gasteiger partial charge on any atom is -0.207 e. The van der Waals surface area contributed by atoms with Gasteiger partial charge in [-0.15, -0.1) is 0 Å². The molecule has 0 heterocycles. The second-order valence-electron chi connectivity index (χ2n) is 7.31. The van der Waals surface area contributed by atoms with Crippen LogP contribution >= 0.6 is 0 Å². The van der Waals surface area contributed by atoms with Crippen molar-refractivity contribution in [1.82, 2.24) is 0 Å². The maximum absolute atomic E-state index is 14.0. The van der Waals surface area contributed by atoms with Gasteiger partial charge in [0.15, 0.2) is 0 Å². The summed E-state index contributed by atoms with van der Waals surface area (Å²) in [6.45, 7) is 2.52. The zero-order chi connectivity index (χ0) is 13.0. The minimum atomic E-state index is 0.0377. The second-order valence-corrected chi connectivity index (χ2v) is 7.31. The summed E-state index contributed by atoms with van der Waals surface area (Å²) in [5.41, 5.74) is 2.99. The summed E-state index contributed by atoms with van der Waals surface area (Å²) in [7, 11) is 0. The lowest BCUT2D eigenvalue weighted by Gasteiger charge is -2.49. The molecule has 1 aromatic rings. The standard InChI is InChI=1S/C18H23F/c1-18-10-3-5-16(18)14-7-8-15-12(13(14)9-11-18)4-2-6-17(15)19/h2,4,6,13-14,16H,3,5,7-11H2,1H3/t13-,14-,16+,18+/m1/s1.